The number of carbonyl (C=O) groups excluding carboxylic acids is 1. The van der Waals surface area contributed by atoms with Crippen LogP contribution in [0.5, 0.6) is 0 Å². The van der Waals surface area contributed by atoms with Crippen molar-refractivity contribution in [3.05, 3.63) is 53.5 Å². The molecule has 0 heterocycles. The minimum atomic E-state index is -4.74. The van der Waals surface area contributed by atoms with Gasteiger partial charge >= 0.3 is 6.18 Å². The number of hydrogen-bond donors (Lipinski definition) is 3. The summed E-state index contributed by atoms with van der Waals surface area (Å²) >= 11 is 0. The highest BCUT2D eigenvalue weighted by Gasteiger charge is 2.32. The summed E-state index contributed by atoms with van der Waals surface area (Å²) in [7, 11) is 0. The van der Waals surface area contributed by atoms with E-state index in [0.717, 1.165) is 12.1 Å². The number of nitrogens with one attached hydrogen (secondary N) is 2. The predicted octanol–water partition coefficient (Wildman–Crippen LogP) is 2.75. The second-order valence-corrected chi connectivity index (χ2v) is 3.82. The van der Waals surface area contributed by atoms with Gasteiger partial charge in [-0.1, -0.05) is 0 Å². The molecular formula is C13H11F4N3O. The Bertz CT molecular complexity index is 588. The van der Waals surface area contributed by atoms with Crippen molar-refractivity contribution in [2.75, 3.05) is 5.32 Å². The molecule has 0 spiro atoms. The molecule has 1 aromatic carbocycles. The number of hydrogen-bond acceptors (Lipinski definition) is 3. The topological polar surface area (TPSA) is 79.0 Å². The maximum absolute atomic E-state index is 12.7. The number of nitrogens with two attached hydrogens (primary N) is 1. The fourth-order valence-electron chi connectivity index (χ4n) is 1.30. The third kappa shape index (κ3) is 4.75. The number of amides is 1. The Morgan fingerprint density at radius 2 is 1.81 bits per heavy atom. The van der Waals surface area contributed by atoms with Crippen molar-refractivity contribution in [1.29, 1.82) is 5.41 Å². The van der Waals surface area contributed by atoms with Gasteiger partial charge in [0.25, 0.3) is 5.91 Å². The summed E-state index contributed by atoms with van der Waals surface area (Å²) in [6, 6.07) is 4.62. The summed E-state index contributed by atoms with van der Waals surface area (Å²) in [5.74, 6) is -1.47. The van der Waals surface area contributed by atoms with E-state index in [-0.39, 0.29) is 5.69 Å². The molecule has 0 aliphatic rings. The zero-order valence-electron chi connectivity index (χ0n) is 10.5. The summed E-state index contributed by atoms with van der Waals surface area (Å²) < 4.78 is 50.2. The molecule has 112 valence electrons. The van der Waals surface area contributed by atoms with Crippen LogP contribution in [0, 0.1) is 11.2 Å². The second kappa shape index (κ2) is 6.69. The third-order valence-corrected chi connectivity index (χ3v) is 2.34. The maximum Gasteiger partial charge on any atom is 0.417 e. The summed E-state index contributed by atoms with van der Waals surface area (Å²) in [5.41, 5.74) is 3.23. The van der Waals surface area contributed by atoms with Crippen LogP contribution in [0.15, 0.2) is 47.7 Å². The van der Waals surface area contributed by atoms with Crippen LogP contribution in [0.3, 0.4) is 0 Å². The van der Waals surface area contributed by atoms with E-state index in [1.54, 1.807) is 0 Å². The van der Waals surface area contributed by atoms with E-state index in [0.29, 0.717) is 18.5 Å². The predicted molar refractivity (Wildman–Crippen MR) is 70.2 cm³/mol. The molecule has 0 saturated heterocycles. The van der Waals surface area contributed by atoms with Crippen LogP contribution >= 0.6 is 0 Å². The van der Waals surface area contributed by atoms with Crippen molar-refractivity contribution in [3.8, 4) is 0 Å². The average Bonchev–Trinajstić information content (AvgIpc) is 2.41. The molecule has 4 nitrogen and oxygen atoms in total. The summed E-state index contributed by atoms with van der Waals surface area (Å²) in [6.45, 7) is 0. The molecular weight excluding hydrogens is 290 g/mol. The van der Waals surface area contributed by atoms with E-state index in [1.807, 2.05) is 0 Å². The number of carbonyl (C=O) groups is 1. The van der Waals surface area contributed by atoms with Crippen LogP contribution in [-0.2, 0) is 4.79 Å². The van der Waals surface area contributed by atoms with Crippen LogP contribution in [0.25, 0.3) is 0 Å². The first-order valence-electron chi connectivity index (χ1n) is 5.56. The maximum atomic E-state index is 12.7. The highest BCUT2D eigenvalue weighted by Crippen LogP contribution is 2.26. The van der Waals surface area contributed by atoms with Crippen LogP contribution in [-0.4, -0.2) is 18.3 Å². The van der Waals surface area contributed by atoms with Gasteiger partial charge < -0.3 is 16.5 Å². The monoisotopic (exact) mass is 301 g/mol. The van der Waals surface area contributed by atoms with Gasteiger partial charge in [0.1, 0.15) is 5.82 Å². The standard InChI is InChI=1S/C13H11F4N3O/c14-10-1-3-11(4-2-10)20-12(21)8(6-18)5-9(7-19)13(15,16)17/h1-7,18H,19H2,(H,20,21). The number of anilines is 1. The quantitative estimate of drug-likeness (QED) is 0.346. The molecule has 0 aromatic heterocycles. The second-order valence-electron chi connectivity index (χ2n) is 3.82. The Hall–Kier alpha value is -2.64. The molecule has 0 radical (unpaired) electrons. The van der Waals surface area contributed by atoms with Gasteiger partial charge in [0.2, 0.25) is 0 Å². The highest BCUT2D eigenvalue weighted by molar-refractivity contribution is 6.17. The molecule has 8 heteroatoms. The van der Waals surface area contributed by atoms with Crippen molar-refractivity contribution in [1.82, 2.24) is 0 Å². The Labute approximate surface area is 117 Å². The first kappa shape index (κ1) is 16.4. The van der Waals surface area contributed by atoms with Gasteiger partial charge in [-0.15, -0.1) is 0 Å². The van der Waals surface area contributed by atoms with Crippen LogP contribution in [0.4, 0.5) is 23.2 Å². The van der Waals surface area contributed by atoms with Gasteiger partial charge in [0.15, 0.2) is 0 Å². The number of allylic oxidation sites excluding steroid dienone is 2. The van der Waals surface area contributed by atoms with Gasteiger partial charge in [0.05, 0.1) is 11.1 Å². The Kier molecular flexibility index (Phi) is 5.23. The van der Waals surface area contributed by atoms with Crippen molar-refractivity contribution in [2.45, 2.75) is 6.18 Å². The normalized spacial score (nSPS) is 13.0. The van der Waals surface area contributed by atoms with Gasteiger partial charge in [-0.2, -0.15) is 13.2 Å². The molecule has 1 aromatic rings. The van der Waals surface area contributed by atoms with E-state index in [2.05, 4.69) is 5.32 Å². The lowest BCUT2D eigenvalue weighted by molar-refractivity contribution is -0.112. The number of benzene rings is 1. The Balaban J connectivity index is 2.96. The van der Waals surface area contributed by atoms with Crippen LogP contribution < -0.4 is 11.1 Å². The lowest BCUT2D eigenvalue weighted by Gasteiger charge is -2.09. The minimum Gasteiger partial charge on any atom is -0.404 e. The van der Waals surface area contributed by atoms with Gasteiger partial charge in [-0.25, -0.2) is 4.39 Å². The lowest BCUT2D eigenvalue weighted by atomic mass is 10.1. The summed E-state index contributed by atoms with van der Waals surface area (Å²) in [6.07, 6.45) is -3.52. The van der Waals surface area contributed by atoms with Crippen molar-refractivity contribution < 1.29 is 22.4 Å². The molecule has 21 heavy (non-hydrogen) atoms. The summed E-state index contributed by atoms with van der Waals surface area (Å²) in [5, 5.41) is 9.25. The molecule has 0 saturated carbocycles. The molecule has 0 atom stereocenters. The highest BCUT2D eigenvalue weighted by atomic mass is 19.4. The molecule has 0 fully saturated rings. The third-order valence-electron chi connectivity index (χ3n) is 2.34. The fourth-order valence-corrected chi connectivity index (χ4v) is 1.30. The van der Waals surface area contributed by atoms with Crippen LogP contribution in [0.2, 0.25) is 0 Å². The fraction of sp³-hybridized carbons (Fsp3) is 0.0769. The van der Waals surface area contributed by atoms with E-state index in [1.165, 1.54) is 12.1 Å². The molecule has 0 aliphatic carbocycles. The largest absolute Gasteiger partial charge is 0.417 e. The Morgan fingerprint density at radius 3 is 2.24 bits per heavy atom. The lowest BCUT2D eigenvalue weighted by Crippen LogP contribution is -2.18. The van der Waals surface area contributed by atoms with E-state index in [4.69, 9.17) is 11.1 Å². The van der Waals surface area contributed by atoms with Crippen molar-refractivity contribution in [2.24, 2.45) is 5.73 Å². The molecule has 0 aliphatic heterocycles. The van der Waals surface area contributed by atoms with E-state index < -0.39 is 29.0 Å². The average molecular weight is 301 g/mol. The SMILES string of the molecule is N=CC(=CC(=CN)C(F)(F)F)C(=O)Nc1ccc(F)cc1. The molecule has 1 amide bonds. The molecule has 0 unspecified atom stereocenters. The van der Waals surface area contributed by atoms with Crippen LogP contribution in [0.1, 0.15) is 0 Å². The van der Waals surface area contributed by atoms with E-state index >= 15 is 0 Å². The van der Waals surface area contributed by atoms with Crippen molar-refractivity contribution >= 4 is 17.8 Å². The van der Waals surface area contributed by atoms with Gasteiger partial charge in [-0.3, -0.25) is 4.79 Å². The first-order chi connectivity index (χ1) is 9.77. The number of rotatable bonds is 4. The molecule has 1 rings (SSSR count). The zero-order valence-corrected chi connectivity index (χ0v) is 10.5. The zero-order chi connectivity index (χ0) is 16.0. The number of alkyl halides is 3. The van der Waals surface area contributed by atoms with E-state index in [9.17, 15) is 22.4 Å². The minimum absolute atomic E-state index is 0.180. The van der Waals surface area contributed by atoms with Gasteiger partial charge in [-0.05, 0) is 30.3 Å². The Morgan fingerprint density at radius 1 is 1.24 bits per heavy atom. The molecule has 0 bridgehead atoms. The van der Waals surface area contributed by atoms with Crippen molar-refractivity contribution in [3.63, 3.8) is 0 Å². The smallest absolute Gasteiger partial charge is 0.404 e. The summed E-state index contributed by atoms with van der Waals surface area (Å²) in [4.78, 5) is 11.7. The number of halogens is 4. The first-order valence-corrected chi connectivity index (χ1v) is 5.56. The molecule has 4 N–H and O–H groups in total. The van der Waals surface area contributed by atoms with Gasteiger partial charge in [0, 0.05) is 18.1 Å².